The smallest absolute Gasteiger partial charge is 0.164 e. The molecule has 2 heterocycles. The van der Waals surface area contributed by atoms with Gasteiger partial charge in [0, 0.05) is 32.8 Å². The van der Waals surface area contributed by atoms with Crippen molar-refractivity contribution in [2.45, 2.75) is 0 Å². The van der Waals surface area contributed by atoms with Gasteiger partial charge in [0.15, 0.2) is 17.5 Å². The van der Waals surface area contributed by atoms with E-state index >= 15 is 0 Å². The van der Waals surface area contributed by atoms with E-state index in [1.165, 1.54) is 21.9 Å². The third-order valence-corrected chi connectivity index (χ3v) is 9.74. The van der Waals surface area contributed by atoms with Gasteiger partial charge >= 0.3 is 0 Å². The lowest BCUT2D eigenvalue weighted by Crippen LogP contribution is -2.00. The first-order valence-electron chi connectivity index (χ1n) is 17.1. The average Bonchev–Trinajstić information content (AvgIpc) is 3.60. The fourth-order valence-corrected chi connectivity index (χ4v) is 7.31. The minimum atomic E-state index is 0.618. The summed E-state index contributed by atoms with van der Waals surface area (Å²) in [5.41, 5.74) is 9.15. The molecular formula is C47H29N3O. The van der Waals surface area contributed by atoms with Crippen LogP contribution in [-0.4, -0.2) is 15.0 Å². The number of hydrogen-bond acceptors (Lipinski definition) is 4. The molecule has 0 N–H and O–H groups in total. The summed E-state index contributed by atoms with van der Waals surface area (Å²) in [6, 6.07) is 61.0. The molecule has 0 radical (unpaired) electrons. The van der Waals surface area contributed by atoms with Crippen LogP contribution in [0.25, 0.3) is 99.9 Å². The van der Waals surface area contributed by atoms with E-state index in [9.17, 15) is 0 Å². The number of nitrogens with zero attached hydrogens (tertiary/aromatic N) is 3. The highest BCUT2D eigenvalue weighted by Gasteiger charge is 2.20. The van der Waals surface area contributed by atoms with Crippen molar-refractivity contribution >= 4 is 43.5 Å². The molecule has 10 aromatic rings. The highest BCUT2D eigenvalue weighted by atomic mass is 16.3. The van der Waals surface area contributed by atoms with Crippen LogP contribution in [0.5, 0.6) is 0 Å². The molecule has 4 heteroatoms. The summed E-state index contributed by atoms with van der Waals surface area (Å²) in [4.78, 5) is 15.2. The number of furan rings is 1. The summed E-state index contributed by atoms with van der Waals surface area (Å²) in [7, 11) is 0. The van der Waals surface area contributed by atoms with Crippen LogP contribution in [0.3, 0.4) is 0 Å². The maximum Gasteiger partial charge on any atom is 0.164 e. The first kappa shape index (κ1) is 29.0. The Bertz CT molecular complexity index is 2830. The zero-order valence-corrected chi connectivity index (χ0v) is 27.5. The number of fused-ring (bicyclic) bond motifs is 6. The molecule has 10 rings (SSSR count). The SMILES string of the molecule is c1ccc(-c2nc(-c3ccccc3)nc(-c3cc4c(oc5cccc(-c6ccc(-c7cccc8ccccc78)cc6)c54)c4ccccc34)n2)cc1. The lowest BCUT2D eigenvalue weighted by molar-refractivity contribution is 0.673. The summed E-state index contributed by atoms with van der Waals surface area (Å²) >= 11 is 0. The van der Waals surface area contributed by atoms with Crippen LogP contribution in [0.15, 0.2) is 180 Å². The predicted octanol–water partition coefficient (Wildman–Crippen LogP) is 12.4. The van der Waals surface area contributed by atoms with Gasteiger partial charge in [0.05, 0.1) is 0 Å². The summed E-state index contributed by atoms with van der Waals surface area (Å²) in [5, 5.41) is 6.62. The molecule has 238 valence electrons. The van der Waals surface area contributed by atoms with E-state index in [0.29, 0.717) is 17.5 Å². The van der Waals surface area contributed by atoms with E-state index in [1.54, 1.807) is 0 Å². The molecule has 2 aromatic heterocycles. The van der Waals surface area contributed by atoms with E-state index in [2.05, 4.69) is 115 Å². The van der Waals surface area contributed by atoms with Crippen molar-refractivity contribution < 1.29 is 4.42 Å². The highest BCUT2D eigenvalue weighted by Crippen LogP contribution is 2.43. The van der Waals surface area contributed by atoms with Gasteiger partial charge in [-0.15, -0.1) is 0 Å². The van der Waals surface area contributed by atoms with E-state index in [1.807, 2.05) is 60.7 Å². The summed E-state index contributed by atoms with van der Waals surface area (Å²) in [5.74, 6) is 1.88. The summed E-state index contributed by atoms with van der Waals surface area (Å²) in [6.07, 6.45) is 0. The van der Waals surface area contributed by atoms with E-state index < -0.39 is 0 Å². The predicted molar refractivity (Wildman–Crippen MR) is 209 cm³/mol. The summed E-state index contributed by atoms with van der Waals surface area (Å²) < 4.78 is 6.69. The molecule has 0 unspecified atom stereocenters. The van der Waals surface area contributed by atoms with Crippen molar-refractivity contribution in [2.24, 2.45) is 0 Å². The number of hydrogen-bond donors (Lipinski definition) is 0. The second-order valence-corrected chi connectivity index (χ2v) is 12.8. The Kier molecular flexibility index (Phi) is 6.78. The first-order valence-corrected chi connectivity index (χ1v) is 17.1. The van der Waals surface area contributed by atoms with Crippen LogP contribution in [0.4, 0.5) is 0 Å². The molecule has 0 saturated heterocycles. The summed E-state index contributed by atoms with van der Waals surface area (Å²) in [6.45, 7) is 0. The fourth-order valence-electron chi connectivity index (χ4n) is 7.31. The first-order chi connectivity index (χ1) is 25.3. The van der Waals surface area contributed by atoms with Crippen LogP contribution in [-0.2, 0) is 0 Å². The molecule has 0 aliphatic heterocycles. The number of rotatable bonds is 5. The van der Waals surface area contributed by atoms with Crippen LogP contribution < -0.4 is 0 Å². The van der Waals surface area contributed by atoms with Gasteiger partial charge in [0.2, 0.25) is 0 Å². The molecule has 0 fully saturated rings. The minimum absolute atomic E-state index is 0.618. The minimum Gasteiger partial charge on any atom is -0.455 e. The van der Waals surface area contributed by atoms with Crippen LogP contribution >= 0.6 is 0 Å². The number of benzene rings is 8. The second-order valence-electron chi connectivity index (χ2n) is 12.8. The molecule has 0 spiro atoms. The van der Waals surface area contributed by atoms with Crippen molar-refractivity contribution in [2.75, 3.05) is 0 Å². The molecule has 0 saturated carbocycles. The Balaban J connectivity index is 1.19. The Labute approximate surface area is 294 Å². The molecule has 0 bridgehead atoms. The Morgan fingerprint density at radius 1 is 0.333 bits per heavy atom. The van der Waals surface area contributed by atoms with Gasteiger partial charge in [-0.2, -0.15) is 0 Å². The third-order valence-electron chi connectivity index (χ3n) is 9.74. The van der Waals surface area contributed by atoms with Gasteiger partial charge < -0.3 is 4.42 Å². The average molecular weight is 652 g/mol. The molecule has 0 aliphatic carbocycles. The van der Waals surface area contributed by atoms with E-state index in [4.69, 9.17) is 19.4 Å². The van der Waals surface area contributed by atoms with Crippen molar-refractivity contribution in [3.05, 3.63) is 176 Å². The van der Waals surface area contributed by atoms with Gasteiger partial charge in [-0.25, -0.2) is 15.0 Å². The molecule has 0 atom stereocenters. The standard InChI is InChI=1S/C47H29N3O/c1-3-14-33(15-4-1)45-48-46(34-16-5-2-6-17-34)50-47(49-45)40-29-41-43-37(23-12-24-42(43)51-44(41)39-21-10-9-20-38(39)40)32-27-25-31(26-28-32)36-22-11-18-30-13-7-8-19-35(30)36/h1-29H. The van der Waals surface area contributed by atoms with Gasteiger partial charge in [-0.1, -0.05) is 164 Å². The molecular weight excluding hydrogens is 623 g/mol. The van der Waals surface area contributed by atoms with Crippen molar-refractivity contribution in [3.63, 3.8) is 0 Å². The third kappa shape index (κ3) is 4.96. The van der Waals surface area contributed by atoms with E-state index in [0.717, 1.165) is 60.5 Å². The fraction of sp³-hybridized carbons (Fsp3) is 0. The highest BCUT2D eigenvalue weighted by molar-refractivity contribution is 6.22. The van der Waals surface area contributed by atoms with Crippen molar-refractivity contribution in [1.82, 2.24) is 15.0 Å². The monoisotopic (exact) mass is 651 g/mol. The van der Waals surface area contributed by atoms with Gasteiger partial charge in [-0.05, 0) is 50.5 Å². The van der Waals surface area contributed by atoms with Crippen molar-refractivity contribution in [1.29, 1.82) is 0 Å². The van der Waals surface area contributed by atoms with E-state index in [-0.39, 0.29) is 0 Å². The molecule has 51 heavy (non-hydrogen) atoms. The topological polar surface area (TPSA) is 51.8 Å². The zero-order valence-electron chi connectivity index (χ0n) is 27.5. The Morgan fingerprint density at radius 3 is 1.57 bits per heavy atom. The largest absolute Gasteiger partial charge is 0.455 e. The van der Waals surface area contributed by atoms with Gasteiger partial charge in [0.25, 0.3) is 0 Å². The van der Waals surface area contributed by atoms with Gasteiger partial charge in [0.1, 0.15) is 11.2 Å². The van der Waals surface area contributed by atoms with Crippen molar-refractivity contribution in [3.8, 4) is 56.4 Å². The zero-order chi connectivity index (χ0) is 33.7. The maximum atomic E-state index is 6.69. The molecule has 4 nitrogen and oxygen atoms in total. The lowest BCUT2D eigenvalue weighted by atomic mass is 9.93. The van der Waals surface area contributed by atoms with Crippen LogP contribution in [0.2, 0.25) is 0 Å². The maximum absolute atomic E-state index is 6.69. The number of aromatic nitrogens is 3. The molecule has 8 aromatic carbocycles. The van der Waals surface area contributed by atoms with Gasteiger partial charge in [-0.3, -0.25) is 0 Å². The lowest BCUT2D eigenvalue weighted by Gasteiger charge is -2.11. The second kappa shape index (κ2) is 11.9. The normalized spacial score (nSPS) is 11.5. The van der Waals surface area contributed by atoms with Crippen LogP contribution in [0, 0.1) is 0 Å². The molecule has 0 amide bonds. The van der Waals surface area contributed by atoms with Crippen LogP contribution in [0.1, 0.15) is 0 Å². The Morgan fingerprint density at radius 2 is 0.863 bits per heavy atom. The Hall–Kier alpha value is -6.91. The quantitative estimate of drug-likeness (QED) is 0.186. The molecule has 0 aliphatic rings.